The monoisotopic (exact) mass is 217 g/mol. The zero-order chi connectivity index (χ0) is 11.2. The van der Waals surface area contributed by atoms with Gasteiger partial charge in [0.25, 0.3) is 0 Å². The topological polar surface area (TPSA) is 46.0 Å². The molecule has 2 rings (SSSR count). The molecule has 1 atom stereocenters. The molecule has 16 heavy (non-hydrogen) atoms. The summed E-state index contributed by atoms with van der Waals surface area (Å²) in [5.41, 5.74) is 3.83. The van der Waals surface area contributed by atoms with Crippen molar-refractivity contribution in [1.29, 1.82) is 0 Å². The maximum absolute atomic E-state index is 5.32. The molecule has 0 amide bonds. The first-order chi connectivity index (χ1) is 7.88. The zero-order valence-corrected chi connectivity index (χ0v) is 9.26. The summed E-state index contributed by atoms with van der Waals surface area (Å²) in [5, 5.41) is 4.06. The third-order valence-corrected chi connectivity index (χ3v) is 2.36. The molecule has 1 N–H and O–H groups in total. The molecule has 1 aliphatic heterocycles. The van der Waals surface area contributed by atoms with E-state index < -0.39 is 0 Å². The minimum Gasteiger partial charge on any atom is -0.462 e. The lowest BCUT2D eigenvalue weighted by Crippen LogP contribution is -2.17. The molecular weight excluding hydrogens is 202 g/mol. The van der Waals surface area contributed by atoms with Crippen LogP contribution >= 0.6 is 0 Å². The molecule has 1 unspecified atom stereocenters. The Hall–Kier alpha value is -1.84. The Balaban J connectivity index is 1.86. The molecular formula is C12H15N3O. The van der Waals surface area contributed by atoms with E-state index in [1.54, 1.807) is 6.21 Å². The number of nitrogens with one attached hydrogen (secondary N) is 1. The molecule has 0 saturated carbocycles. The van der Waals surface area contributed by atoms with Crippen molar-refractivity contribution in [1.82, 2.24) is 5.43 Å². The van der Waals surface area contributed by atoms with Crippen molar-refractivity contribution in [3.8, 4) is 0 Å². The van der Waals surface area contributed by atoms with Gasteiger partial charge in [0, 0.05) is 0 Å². The lowest BCUT2D eigenvalue weighted by Gasteiger charge is -1.98. The van der Waals surface area contributed by atoms with Gasteiger partial charge in [0.1, 0.15) is 6.61 Å². The van der Waals surface area contributed by atoms with Gasteiger partial charge >= 0.3 is 6.02 Å². The second-order valence-electron chi connectivity index (χ2n) is 3.59. The number of ether oxygens (including phenoxy) is 1. The highest BCUT2D eigenvalue weighted by molar-refractivity contribution is 5.82. The maximum Gasteiger partial charge on any atom is 0.306 e. The van der Waals surface area contributed by atoms with Crippen LogP contribution in [0.25, 0.3) is 0 Å². The van der Waals surface area contributed by atoms with E-state index in [9.17, 15) is 0 Å². The summed E-state index contributed by atoms with van der Waals surface area (Å²) in [6.07, 6.45) is 2.73. The summed E-state index contributed by atoms with van der Waals surface area (Å²) in [6, 6.07) is 10.7. The largest absolute Gasteiger partial charge is 0.462 e. The Kier molecular flexibility index (Phi) is 3.53. The van der Waals surface area contributed by atoms with Crippen LogP contribution in [0.15, 0.2) is 40.4 Å². The summed E-state index contributed by atoms with van der Waals surface area (Å²) in [4.78, 5) is 4.31. The lowest BCUT2D eigenvalue weighted by atomic mass is 10.2. The quantitative estimate of drug-likeness (QED) is 0.619. The van der Waals surface area contributed by atoms with Gasteiger partial charge in [-0.05, 0) is 12.0 Å². The van der Waals surface area contributed by atoms with Gasteiger partial charge in [0.05, 0.1) is 12.3 Å². The SMILES string of the molecule is CCC1COC(NN=Cc2ccccc2)=N1. The van der Waals surface area contributed by atoms with Crippen LogP contribution in [-0.2, 0) is 4.74 Å². The van der Waals surface area contributed by atoms with E-state index in [1.807, 2.05) is 30.3 Å². The summed E-state index contributed by atoms with van der Waals surface area (Å²) >= 11 is 0. The van der Waals surface area contributed by atoms with Gasteiger partial charge in [-0.25, -0.2) is 10.4 Å². The highest BCUT2D eigenvalue weighted by atomic mass is 16.5. The van der Waals surface area contributed by atoms with E-state index in [4.69, 9.17) is 4.74 Å². The summed E-state index contributed by atoms with van der Waals surface area (Å²) in [6.45, 7) is 2.74. The molecule has 1 aliphatic rings. The van der Waals surface area contributed by atoms with Gasteiger partial charge < -0.3 is 4.74 Å². The minimum absolute atomic E-state index is 0.273. The molecule has 0 bridgehead atoms. The molecule has 0 aromatic heterocycles. The van der Waals surface area contributed by atoms with Gasteiger partial charge in [0.15, 0.2) is 0 Å². The van der Waals surface area contributed by atoms with Crippen LogP contribution in [0, 0.1) is 0 Å². The maximum atomic E-state index is 5.32. The standard InChI is InChI=1S/C12H15N3O/c1-2-11-9-16-12(14-11)15-13-8-10-6-4-3-5-7-10/h3-8,11H,2,9H2,1H3,(H,14,15). The average molecular weight is 217 g/mol. The van der Waals surface area contributed by atoms with Crippen LogP contribution in [0.4, 0.5) is 0 Å². The predicted molar refractivity (Wildman–Crippen MR) is 64.6 cm³/mol. The number of rotatable bonds is 3. The van der Waals surface area contributed by atoms with Gasteiger partial charge in [0.2, 0.25) is 0 Å². The van der Waals surface area contributed by atoms with Crippen LogP contribution in [0.5, 0.6) is 0 Å². The van der Waals surface area contributed by atoms with Crippen molar-refractivity contribution >= 4 is 12.2 Å². The van der Waals surface area contributed by atoms with Gasteiger partial charge in [-0.2, -0.15) is 5.10 Å². The molecule has 0 aliphatic carbocycles. The van der Waals surface area contributed by atoms with Gasteiger partial charge in [-0.3, -0.25) is 0 Å². The number of nitrogens with zero attached hydrogens (tertiary/aromatic N) is 2. The van der Waals surface area contributed by atoms with Crippen molar-refractivity contribution in [2.75, 3.05) is 6.61 Å². The highest BCUT2D eigenvalue weighted by Crippen LogP contribution is 2.05. The third kappa shape index (κ3) is 2.82. The number of hydrogen-bond donors (Lipinski definition) is 1. The van der Waals surface area contributed by atoms with Gasteiger partial charge in [-0.15, -0.1) is 0 Å². The summed E-state index contributed by atoms with van der Waals surface area (Å²) in [7, 11) is 0. The highest BCUT2D eigenvalue weighted by Gasteiger charge is 2.15. The number of hydrazone groups is 1. The fourth-order valence-electron chi connectivity index (χ4n) is 1.39. The lowest BCUT2D eigenvalue weighted by molar-refractivity contribution is 0.303. The van der Waals surface area contributed by atoms with Crippen LogP contribution in [0.3, 0.4) is 0 Å². The van der Waals surface area contributed by atoms with Crippen molar-refractivity contribution in [2.45, 2.75) is 19.4 Å². The van der Waals surface area contributed by atoms with E-state index in [1.165, 1.54) is 0 Å². The van der Waals surface area contributed by atoms with Crippen LogP contribution in [0.2, 0.25) is 0 Å². The minimum atomic E-state index is 0.273. The van der Waals surface area contributed by atoms with Crippen molar-refractivity contribution < 1.29 is 4.74 Å². The molecule has 0 fully saturated rings. The number of amidine groups is 1. The van der Waals surface area contributed by atoms with E-state index >= 15 is 0 Å². The van der Waals surface area contributed by atoms with E-state index in [2.05, 4.69) is 22.4 Å². The van der Waals surface area contributed by atoms with E-state index in [0.29, 0.717) is 12.6 Å². The fourth-order valence-corrected chi connectivity index (χ4v) is 1.39. The third-order valence-electron chi connectivity index (χ3n) is 2.36. The average Bonchev–Trinajstić information content (AvgIpc) is 2.78. The number of benzene rings is 1. The Bertz CT molecular complexity index is 387. The molecule has 1 heterocycles. The first-order valence-electron chi connectivity index (χ1n) is 5.43. The molecule has 84 valence electrons. The molecule has 1 aromatic rings. The molecule has 4 nitrogen and oxygen atoms in total. The zero-order valence-electron chi connectivity index (χ0n) is 9.26. The van der Waals surface area contributed by atoms with Crippen LogP contribution in [0.1, 0.15) is 18.9 Å². The Labute approximate surface area is 95.0 Å². The van der Waals surface area contributed by atoms with Crippen molar-refractivity contribution in [3.63, 3.8) is 0 Å². The fraction of sp³-hybridized carbons (Fsp3) is 0.333. The van der Waals surface area contributed by atoms with Gasteiger partial charge in [-0.1, -0.05) is 37.3 Å². The Morgan fingerprint density at radius 1 is 1.50 bits per heavy atom. The van der Waals surface area contributed by atoms with Crippen LogP contribution in [-0.4, -0.2) is 24.9 Å². The first-order valence-corrected chi connectivity index (χ1v) is 5.43. The molecule has 0 radical (unpaired) electrons. The molecule has 0 saturated heterocycles. The molecule has 4 heteroatoms. The molecule has 0 spiro atoms. The molecule has 1 aromatic carbocycles. The predicted octanol–water partition coefficient (Wildman–Crippen LogP) is 1.77. The van der Waals surface area contributed by atoms with Crippen molar-refractivity contribution in [2.24, 2.45) is 10.1 Å². The van der Waals surface area contributed by atoms with Crippen LogP contribution < -0.4 is 5.43 Å². The number of hydrogen-bond acceptors (Lipinski definition) is 4. The first kappa shape index (κ1) is 10.7. The normalized spacial score (nSPS) is 19.6. The second kappa shape index (κ2) is 5.30. The van der Waals surface area contributed by atoms with Crippen molar-refractivity contribution in [3.05, 3.63) is 35.9 Å². The Morgan fingerprint density at radius 2 is 2.31 bits per heavy atom. The van der Waals surface area contributed by atoms with E-state index in [0.717, 1.165) is 12.0 Å². The second-order valence-corrected chi connectivity index (χ2v) is 3.59. The number of aliphatic imine (C=N–C) groups is 1. The summed E-state index contributed by atoms with van der Waals surface area (Å²) < 4.78 is 5.32. The summed E-state index contributed by atoms with van der Waals surface area (Å²) in [5.74, 6) is 0. The van der Waals surface area contributed by atoms with E-state index in [-0.39, 0.29) is 6.04 Å². The Morgan fingerprint density at radius 3 is 3.00 bits per heavy atom. The smallest absolute Gasteiger partial charge is 0.306 e.